The molecule has 4 rings (SSSR count). The van der Waals surface area contributed by atoms with Crippen molar-refractivity contribution in [2.45, 2.75) is 13.5 Å². The second kappa shape index (κ2) is 8.08. The van der Waals surface area contributed by atoms with E-state index in [-0.39, 0.29) is 0 Å². The van der Waals surface area contributed by atoms with Gasteiger partial charge in [0, 0.05) is 23.7 Å². The second-order valence-electron chi connectivity index (χ2n) is 7.02. The van der Waals surface area contributed by atoms with E-state index in [1.54, 1.807) is 19.2 Å². The Morgan fingerprint density at radius 3 is 2.50 bits per heavy atom. The molecule has 2 aromatic carbocycles. The zero-order valence-electron chi connectivity index (χ0n) is 16.6. The van der Waals surface area contributed by atoms with Crippen molar-refractivity contribution in [2.75, 3.05) is 16.3 Å². The van der Waals surface area contributed by atoms with E-state index in [1.165, 1.54) is 6.33 Å². The van der Waals surface area contributed by atoms with Gasteiger partial charge >= 0.3 is 0 Å². The molecule has 0 saturated heterocycles. The molecule has 2 heterocycles. The number of fused-ring (bicyclic) bond motifs is 1. The average Bonchev–Trinajstić information content (AvgIpc) is 2.73. The van der Waals surface area contributed by atoms with Crippen molar-refractivity contribution in [2.24, 2.45) is 0 Å². The van der Waals surface area contributed by atoms with Crippen LogP contribution in [0.4, 0.5) is 11.5 Å². The quantitative estimate of drug-likeness (QED) is 0.491. The molecule has 30 heavy (non-hydrogen) atoms. The average molecular weight is 420 g/mol. The van der Waals surface area contributed by atoms with Crippen LogP contribution in [0.15, 0.2) is 67.1 Å². The normalized spacial score (nSPS) is 11.4. The van der Waals surface area contributed by atoms with E-state index in [1.807, 2.05) is 36.4 Å². The summed E-state index contributed by atoms with van der Waals surface area (Å²) >= 11 is 0. The molecule has 0 saturated carbocycles. The molecule has 0 atom stereocenters. The molecule has 152 valence electrons. The maximum absolute atomic E-state index is 11.6. The number of pyridine rings is 1. The fraction of sp³-hybridized carbons (Fsp3) is 0.136. The van der Waals surface area contributed by atoms with Crippen LogP contribution in [0.25, 0.3) is 22.0 Å². The molecule has 0 radical (unpaired) electrons. The maximum atomic E-state index is 11.6. The van der Waals surface area contributed by atoms with Gasteiger partial charge in [-0.1, -0.05) is 36.4 Å². The number of aromatic nitrogens is 3. The Morgan fingerprint density at radius 1 is 0.933 bits per heavy atom. The highest BCUT2D eigenvalue weighted by Gasteiger charge is 2.10. The number of hydrogen-bond donors (Lipinski definition) is 2. The van der Waals surface area contributed by atoms with Crippen LogP contribution < -0.4 is 10.0 Å². The van der Waals surface area contributed by atoms with Gasteiger partial charge in [0.25, 0.3) is 0 Å². The summed E-state index contributed by atoms with van der Waals surface area (Å²) in [5, 5.41) is 4.25. The zero-order chi connectivity index (χ0) is 21.1. The van der Waals surface area contributed by atoms with Crippen molar-refractivity contribution in [3.63, 3.8) is 0 Å². The molecule has 2 aromatic heterocycles. The first-order valence-corrected chi connectivity index (χ1v) is 11.3. The standard InChI is InChI=1S/C22H21N5O2S/c1-15-21(27-30(2,28)29)11-18(13-23-15)17-8-9-20-19(10-17)22(26-14-25-20)24-12-16-6-4-3-5-7-16/h3-11,13-14,27H,12H2,1-2H3,(H,24,25,26). The third-order valence-corrected chi connectivity index (χ3v) is 5.24. The monoisotopic (exact) mass is 419 g/mol. The van der Waals surface area contributed by atoms with E-state index in [9.17, 15) is 8.42 Å². The Labute approximate surface area is 175 Å². The lowest BCUT2D eigenvalue weighted by Gasteiger charge is -2.12. The Kier molecular flexibility index (Phi) is 5.33. The van der Waals surface area contributed by atoms with E-state index < -0.39 is 10.0 Å². The van der Waals surface area contributed by atoms with Crippen LogP contribution in [0.5, 0.6) is 0 Å². The van der Waals surface area contributed by atoms with Gasteiger partial charge in [-0.25, -0.2) is 18.4 Å². The van der Waals surface area contributed by atoms with Gasteiger partial charge < -0.3 is 5.32 Å². The minimum absolute atomic E-state index is 0.460. The van der Waals surface area contributed by atoms with Crippen molar-refractivity contribution in [1.82, 2.24) is 15.0 Å². The summed E-state index contributed by atoms with van der Waals surface area (Å²) in [6.45, 7) is 2.41. The van der Waals surface area contributed by atoms with E-state index >= 15 is 0 Å². The predicted molar refractivity (Wildman–Crippen MR) is 120 cm³/mol. The van der Waals surface area contributed by atoms with E-state index in [0.717, 1.165) is 39.7 Å². The summed E-state index contributed by atoms with van der Waals surface area (Å²) in [5.74, 6) is 0.736. The van der Waals surface area contributed by atoms with Gasteiger partial charge in [-0.2, -0.15) is 0 Å². The number of nitrogens with one attached hydrogen (secondary N) is 2. The Balaban J connectivity index is 1.70. The van der Waals surface area contributed by atoms with Gasteiger partial charge in [0.05, 0.1) is 23.2 Å². The molecular weight excluding hydrogens is 398 g/mol. The number of hydrogen-bond acceptors (Lipinski definition) is 6. The Bertz CT molecular complexity index is 1310. The maximum Gasteiger partial charge on any atom is 0.229 e. The van der Waals surface area contributed by atoms with Crippen LogP contribution in [-0.2, 0) is 16.6 Å². The van der Waals surface area contributed by atoms with Crippen LogP contribution in [0.2, 0.25) is 0 Å². The van der Waals surface area contributed by atoms with Crippen molar-refractivity contribution in [3.8, 4) is 11.1 Å². The largest absolute Gasteiger partial charge is 0.365 e. The molecule has 0 aliphatic rings. The number of anilines is 2. The molecule has 0 aliphatic heterocycles. The molecular formula is C22H21N5O2S. The molecule has 0 amide bonds. The van der Waals surface area contributed by atoms with E-state index in [0.29, 0.717) is 17.9 Å². The highest BCUT2D eigenvalue weighted by atomic mass is 32.2. The first-order valence-electron chi connectivity index (χ1n) is 9.36. The fourth-order valence-electron chi connectivity index (χ4n) is 3.15. The SMILES string of the molecule is Cc1ncc(-c2ccc3ncnc(NCc4ccccc4)c3c2)cc1NS(C)(=O)=O. The third kappa shape index (κ3) is 4.55. The van der Waals surface area contributed by atoms with Crippen molar-refractivity contribution in [3.05, 3.63) is 78.4 Å². The molecule has 0 bridgehead atoms. The van der Waals surface area contributed by atoms with Gasteiger partial charge in [0.1, 0.15) is 12.1 Å². The molecule has 8 heteroatoms. The molecule has 2 N–H and O–H groups in total. The summed E-state index contributed by atoms with van der Waals surface area (Å²) in [6.07, 6.45) is 4.39. The minimum atomic E-state index is -3.39. The fourth-order valence-corrected chi connectivity index (χ4v) is 3.76. The van der Waals surface area contributed by atoms with Crippen LogP contribution in [0.3, 0.4) is 0 Å². The highest BCUT2D eigenvalue weighted by Crippen LogP contribution is 2.29. The number of rotatable bonds is 6. The Hall–Kier alpha value is -3.52. The van der Waals surface area contributed by atoms with Crippen LogP contribution >= 0.6 is 0 Å². The number of sulfonamides is 1. The smallest absolute Gasteiger partial charge is 0.229 e. The van der Waals surface area contributed by atoms with Gasteiger partial charge in [0.15, 0.2) is 0 Å². The van der Waals surface area contributed by atoms with Crippen LogP contribution in [0.1, 0.15) is 11.3 Å². The number of benzene rings is 2. The molecule has 0 unspecified atom stereocenters. The van der Waals surface area contributed by atoms with Crippen molar-refractivity contribution < 1.29 is 8.42 Å². The van der Waals surface area contributed by atoms with Crippen LogP contribution in [0, 0.1) is 6.92 Å². The molecule has 4 aromatic rings. The summed E-state index contributed by atoms with van der Waals surface area (Å²) in [7, 11) is -3.39. The van der Waals surface area contributed by atoms with E-state index in [4.69, 9.17) is 0 Å². The molecule has 0 aliphatic carbocycles. The van der Waals surface area contributed by atoms with Crippen molar-refractivity contribution in [1.29, 1.82) is 0 Å². The van der Waals surface area contributed by atoms with Gasteiger partial charge in [-0.15, -0.1) is 0 Å². The van der Waals surface area contributed by atoms with Crippen LogP contribution in [-0.4, -0.2) is 29.6 Å². The lowest BCUT2D eigenvalue weighted by Crippen LogP contribution is -2.11. The summed E-state index contributed by atoms with van der Waals surface area (Å²) in [6, 6.07) is 17.7. The highest BCUT2D eigenvalue weighted by molar-refractivity contribution is 7.92. The number of aryl methyl sites for hydroxylation is 1. The molecule has 7 nitrogen and oxygen atoms in total. The lowest BCUT2D eigenvalue weighted by molar-refractivity contribution is 0.606. The molecule has 0 fully saturated rings. The first-order chi connectivity index (χ1) is 14.4. The zero-order valence-corrected chi connectivity index (χ0v) is 17.4. The molecule has 0 spiro atoms. The summed E-state index contributed by atoms with van der Waals surface area (Å²) in [4.78, 5) is 13.1. The summed E-state index contributed by atoms with van der Waals surface area (Å²) in [5.41, 5.74) is 4.73. The minimum Gasteiger partial charge on any atom is -0.365 e. The first kappa shape index (κ1) is 19.8. The predicted octanol–water partition coefficient (Wildman–Crippen LogP) is 3.98. The van der Waals surface area contributed by atoms with Gasteiger partial charge in [-0.05, 0) is 36.2 Å². The summed E-state index contributed by atoms with van der Waals surface area (Å²) < 4.78 is 25.8. The van der Waals surface area contributed by atoms with E-state index in [2.05, 4.69) is 37.1 Å². The topological polar surface area (TPSA) is 96.9 Å². The lowest BCUT2D eigenvalue weighted by atomic mass is 10.0. The Morgan fingerprint density at radius 2 is 1.73 bits per heavy atom. The number of nitrogens with zero attached hydrogens (tertiary/aromatic N) is 3. The van der Waals surface area contributed by atoms with Gasteiger partial charge in [-0.3, -0.25) is 9.71 Å². The third-order valence-electron chi connectivity index (χ3n) is 4.65. The van der Waals surface area contributed by atoms with Crippen molar-refractivity contribution >= 4 is 32.4 Å². The van der Waals surface area contributed by atoms with Gasteiger partial charge in [0.2, 0.25) is 10.0 Å². The second-order valence-corrected chi connectivity index (χ2v) is 8.77.